The molecule has 0 heterocycles. The Labute approximate surface area is 128 Å². The Bertz CT molecular complexity index is 484. The van der Waals surface area contributed by atoms with Crippen molar-refractivity contribution < 1.29 is 14.6 Å². The van der Waals surface area contributed by atoms with Gasteiger partial charge in [-0.3, -0.25) is 4.79 Å². The van der Waals surface area contributed by atoms with Gasteiger partial charge in [0, 0.05) is 6.92 Å². The Morgan fingerprint density at radius 2 is 1.86 bits per heavy atom. The molecule has 0 bridgehead atoms. The molecule has 21 heavy (non-hydrogen) atoms. The van der Waals surface area contributed by atoms with Crippen LogP contribution in [0.2, 0.25) is 0 Å². The summed E-state index contributed by atoms with van der Waals surface area (Å²) in [6, 6.07) is 3.81. The van der Waals surface area contributed by atoms with E-state index >= 15 is 0 Å². The van der Waals surface area contributed by atoms with E-state index in [1.165, 1.54) is 19.8 Å². The minimum Gasteiger partial charge on any atom is -0.504 e. The zero-order chi connectivity index (χ0) is 16.0. The number of benzene rings is 1. The molecule has 0 radical (unpaired) electrons. The third-order valence-electron chi connectivity index (χ3n) is 3.57. The van der Waals surface area contributed by atoms with E-state index in [1.54, 1.807) is 6.07 Å². The average Bonchev–Trinajstić information content (AvgIpc) is 2.36. The summed E-state index contributed by atoms with van der Waals surface area (Å²) in [7, 11) is 0. The van der Waals surface area contributed by atoms with Crippen LogP contribution < -0.4 is 4.74 Å². The van der Waals surface area contributed by atoms with Crippen molar-refractivity contribution in [3.05, 3.63) is 23.3 Å². The maximum atomic E-state index is 11.2. The third-order valence-corrected chi connectivity index (χ3v) is 3.57. The molecule has 3 nitrogen and oxygen atoms in total. The monoisotopic (exact) mass is 292 g/mol. The molecule has 0 atom stereocenters. The van der Waals surface area contributed by atoms with Crippen molar-refractivity contribution in [1.82, 2.24) is 0 Å². The number of hydrogen-bond acceptors (Lipinski definition) is 3. The second kappa shape index (κ2) is 7.48. The smallest absolute Gasteiger partial charge is 0.308 e. The first-order valence-corrected chi connectivity index (χ1v) is 7.80. The summed E-state index contributed by atoms with van der Waals surface area (Å²) in [5.74, 6) is -0.0246. The van der Waals surface area contributed by atoms with Gasteiger partial charge >= 0.3 is 5.97 Å². The number of phenolic OH excluding ortho intramolecular Hbond substituents is 1. The highest BCUT2D eigenvalue weighted by Gasteiger charge is 2.20. The van der Waals surface area contributed by atoms with Gasteiger partial charge < -0.3 is 9.84 Å². The fourth-order valence-corrected chi connectivity index (χ4v) is 2.26. The quantitative estimate of drug-likeness (QED) is 0.468. The zero-order valence-electron chi connectivity index (χ0n) is 14.0. The second-order valence-corrected chi connectivity index (χ2v) is 6.64. The summed E-state index contributed by atoms with van der Waals surface area (Å²) in [5.41, 5.74) is 1.89. The molecule has 0 aliphatic rings. The minimum atomic E-state index is -0.409. The Hall–Kier alpha value is -1.51. The summed E-state index contributed by atoms with van der Waals surface area (Å²) in [6.07, 6.45) is 5.39. The molecule has 118 valence electrons. The Kier molecular flexibility index (Phi) is 6.25. The van der Waals surface area contributed by atoms with Gasteiger partial charge in [0.1, 0.15) is 0 Å². The van der Waals surface area contributed by atoms with Crippen LogP contribution in [0, 0.1) is 0 Å². The van der Waals surface area contributed by atoms with Crippen LogP contribution in [0.4, 0.5) is 0 Å². The normalized spacial score (nSPS) is 11.5. The fraction of sp³-hybridized carbons (Fsp3) is 0.611. The highest BCUT2D eigenvalue weighted by Crippen LogP contribution is 2.37. The molecule has 0 aliphatic carbocycles. The number of hydrogen-bond donors (Lipinski definition) is 1. The van der Waals surface area contributed by atoms with E-state index in [0.717, 1.165) is 30.4 Å². The minimum absolute atomic E-state index is 0.0548. The lowest BCUT2D eigenvalue weighted by Gasteiger charge is -2.22. The number of aromatic hydroxyl groups is 1. The lowest BCUT2D eigenvalue weighted by atomic mass is 9.85. The topological polar surface area (TPSA) is 46.5 Å². The number of esters is 1. The van der Waals surface area contributed by atoms with Gasteiger partial charge in [0.15, 0.2) is 11.5 Å². The Balaban J connectivity index is 3.06. The lowest BCUT2D eigenvalue weighted by molar-refractivity contribution is -0.132. The van der Waals surface area contributed by atoms with E-state index in [4.69, 9.17) is 4.74 Å². The van der Waals surface area contributed by atoms with Gasteiger partial charge in [-0.25, -0.2) is 0 Å². The maximum Gasteiger partial charge on any atom is 0.308 e. The molecule has 1 aromatic rings. The molecular weight excluding hydrogens is 264 g/mol. The van der Waals surface area contributed by atoms with Crippen LogP contribution in [-0.2, 0) is 16.6 Å². The molecule has 0 spiro atoms. The summed E-state index contributed by atoms with van der Waals surface area (Å²) in [5, 5.41) is 10.3. The van der Waals surface area contributed by atoms with Crippen molar-refractivity contribution >= 4 is 5.97 Å². The molecule has 0 saturated carbocycles. The maximum absolute atomic E-state index is 11.2. The van der Waals surface area contributed by atoms with Gasteiger partial charge in [-0.2, -0.15) is 0 Å². The summed E-state index contributed by atoms with van der Waals surface area (Å²) in [4.78, 5) is 11.2. The first kappa shape index (κ1) is 17.5. The van der Waals surface area contributed by atoms with E-state index in [9.17, 15) is 9.90 Å². The standard InChI is InChI=1S/C18H28O3/c1-6-7-8-9-10-14-11-15(18(3,4)5)12-16(17(14)20)21-13(2)19/h11-12,20H,6-10H2,1-5H3. The van der Waals surface area contributed by atoms with Crippen LogP contribution >= 0.6 is 0 Å². The van der Waals surface area contributed by atoms with Crippen LogP contribution in [0.3, 0.4) is 0 Å². The van der Waals surface area contributed by atoms with Gasteiger partial charge in [-0.15, -0.1) is 0 Å². The van der Waals surface area contributed by atoms with Gasteiger partial charge in [-0.1, -0.05) is 53.0 Å². The largest absolute Gasteiger partial charge is 0.504 e. The van der Waals surface area contributed by atoms with E-state index in [2.05, 4.69) is 27.7 Å². The Morgan fingerprint density at radius 3 is 2.38 bits per heavy atom. The van der Waals surface area contributed by atoms with Crippen LogP contribution in [0.25, 0.3) is 0 Å². The number of carbonyl (C=O) groups is 1. The highest BCUT2D eigenvalue weighted by atomic mass is 16.5. The van der Waals surface area contributed by atoms with Crippen LogP contribution in [0.15, 0.2) is 12.1 Å². The van der Waals surface area contributed by atoms with Crippen molar-refractivity contribution in [2.24, 2.45) is 0 Å². The molecule has 0 fully saturated rings. The summed E-state index contributed by atoms with van der Waals surface area (Å²) >= 11 is 0. The van der Waals surface area contributed by atoms with Crippen molar-refractivity contribution in [2.75, 3.05) is 0 Å². The van der Waals surface area contributed by atoms with Gasteiger partial charge in [0.2, 0.25) is 0 Å². The first-order valence-electron chi connectivity index (χ1n) is 7.80. The highest BCUT2D eigenvalue weighted by molar-refractivity contribution is 5.71. The van der Waals surface area contributed by atoms with Crippen LogP contribution in [0.1, 0.15) is 71.4 Å². The summed E-state index contributed by atoms with van der Waals surface area (Å²) in [6.45, 7) is 9.86. The number of carbonyl (C=O) groups excluding carboxylic acids is 1. The van der Waals surface area contributed by atoms with E-state index in [1.807, 2.05) is 6.07 Å². The third kappa shape index (κ3) is 5.41. The molecule has 3 heteroatoms. The predicted octanol–water partition coefficient (Wildman–Crippen LogP) is 4.74. The average molecular weight is 292 g/mol. The zero-order valence-corrected chi connectivity index (χ0v) is 14.0. The number of rotatable bonds is 6. The van der Waals surface area contributed by atoms with Gasteiger partial charge in [-0.05, 0) is 35.4 Å². The number of unbranched alkanes of at least 4 members (excludes halogenated alkanes) is 3. The molecule has 0 aromatic heterocycles. The molecular formula is C18H28O3. The molecule has 0 saturated heterocycles. The predicted molar refractivity (Wildman–Crippen MR) is 86.0 cm³/mol. The molecule has 0 unspecified atom stereocenters. The lowest BCUT2D eigenvalue weighted by Crippen LogP contribution is -2.13. The van der Waals surface area contributed by atoms with E-state index in [-0.39, 0.29) is 16.9 Å². The summed E-state index contributed by atoms with van der Waals surface area (Å²) < 4.78 is 5.16. The van der Waals surface area contributed by atoms with E-state index < -0.39 is 5.97 Å². The molecule has 0 aliphatic heterocycles. The van der Waals surface area contributed by atoms with Gasteiger partial charge in [0.05, 0.1) is 0 Å². The number of phenols is 1. The van der Waals surface area contributed by atoms with Gasteiger partial charge in [0.25, 0.3) is 0 Å². The number of ether oxygens (including phenoxy) is 1. The van der Waals surface area contributed by atoms with Crippen molar-refractivity contribution in [1.29, 1.82) is 0 Å². The van der Waals surface area contributed by atoms with Crippen LogP contribution in [0.5, 0.6) is 11.5 Å². The second-order valence-electron chi connectivity index (χ2n) is 6.64. The van der Waals surface area contributed by atoms with E-state index in [0.29, 0.717) is 0 Å². The molecule has 1 rings (SSSR count). The SMILES string of the molecule is CCCCCCc1cc(C(C)(C)C)cc(OC(C)=O)c1O. The molecule has 1 N–H and O–H groups in total. The van der Waals surface area contributed by atoms with Crippen molar-refractivity contribution in [3.8, 4) is 11.5 Å². The fourth-order valence-electron chi connectivity index (χ4n) is 2.26. The Morgan fingerprint density at radius 1 is 1.19 bits per heavy atom. The van der Waals surface area contributed by atoms with Crippen LogP contribution in [-0.4, -0.2) is 11.1 Å². The first-order chi connectivity index (χ1) is 9.75. The van der Waals surface area contributed by atoms with Crippen molar-refractivity contribution in [3.63, 3.8) is 0 Å². The molecule has 0 amide bonds. The van der Waals surface area contributed by atoms with Crippen molar-refractivity contribution in [2.45, 2.75) is 72.1 Å². The number of aryl methyl sites for hydroxylation is 1. The molecule has 1 aromatic carbocycles.